The molecule has 0 fully saturated rings. The molecule has 14 heavy (non-hydrogen) atoms. The van der Waals surface area contributed by atoms with Gasteiger partial charge in [0.25, 0.3) is 5.69 Å². The Labute approximate surface area is 78.9 Å². The standard InChI is InChI=1S/C8H6FN3O2/c1-11-8-5(4-10)6(9)2-3-7(8)12(13)14/h2-3,11H,1H3. The molecule has 1 N–H and O–H groups in total. The van der Waals surface area contributed by atoms with Crippen LogP contribution in [0.1, 0.15) is 5.56 Å². The predicted octanol–water partition coefficient (Wildman–Crippen LogP) is 1.65. The van der Waals surface area contributed by atoms with Crippen molar-refractivity contribution < 1.29 is 9.31 Å². The fraction of sp³-hybridized carbons (Fsp3) is 0.125. The third-order valence-corrected chi connectivity index (χ3v) is 1.69. The van der Waals surface area contributed by atoms with E-state index in [0.717, 1.165) is 12.1 Å². The van der Waals surface area contributed by atoms with Gasteiger partial charge in [-0.05, 0) is 6.07 Å². The van der Waals surface area contributed by atoms with Gasteiger partial charge in [0.05, 0.1) is 4.92 Å². The zero-order chi connectivity index (χ0) is 10.7. The van der Waals surface area contributed by atoms with Crippen LogP contribution < -0.4 is 5.32 Å². The van der Waals surface area contributed by atoms with Crippen LogP contribution in [0.2, 0.25) is 0 Å². The molecule has 0 spiro atoms. The Morgan fingerprint density at radius 2 is 2.29 bits per heavy atom. The third-order valence-electron chi connectivity index (χ3n) is 1.69. The lowest BCUT2D eigenvalue weighted by atomic mass is 10.1. The normalized spacial score (nSPS) is 9.21. The number of hydrogen-bond donors (Lipinski definition) is 1. The summed E-state index contributed by atoms with van der Waals surface area (Å²) in [7, 11) is 1.39. The summed E-state index contributed by atoms with van der Waals surface area (Å²) >= 11 is 0. The van der Waals surface area contributed by atoms with E-state index >= 15 is 0 Å². The van der Waals surface area contributed by atoms with E-state index in [9.17, 15) is 14.5 Å². The van der Waals surface area contributed by atoms with Crippen LogP contribution in [0.5, 0.6) is 0 Å². The van der Waals surface area contributed by atoms with Gasteiger partial charge in [0, 0.05) is 13.1 Å². The second-order valence-corrected chi connectivity index (χ2v) is 2.44. The topological polar surface area (TPSA) is 79.0 Å². The van der Waals surface area contributed by atoms with Crippen LogP contribution >= 0.6 is 0 Å². The highest BCUT2D eigenvalue weighted by molar-refractivity contribution is 5.70. The largest absolute Gasteiger partial charge is 0.381 e. The molecule has 0 bridgehead atoms. The minimum absolute atomic E-state index is 0.0995. The van der Waals surface area contributed by atoms with E-state index in [4.69, 9.17) is 5.26 Å². The van der Waals surface area contributed by atoms with E-state index in [1.165, 1.54) is 7.05 Å². The molecule has 1 aromatic rings. The number of hydrogen-bond acceptors (Lipinski definition) is 4. The minimum atomic E-state index is -0.776. The van der Waals surface area contributed by atoms with Crippen molar-refractivity contribution >= 4 is 11.4 Å². The molecule has 1 rings (SSSR count). The first kappa shape index (κ1) is 9.92. The average Bonchev–Trinajstić information content (AvgIpc) is 2.16. The van der Waals surface area contributed by atoms with E-state index < -0.39 is 10.7 Å². The van der Waals surface area contributed by atoms with Gasteiger partial charge in [-0.15, -0.1) is 0 Å². The van der Waals surface area contributed by atoms with Gasteiger partial charge in [-0.2, -0.15) is 5.26 Å². The van der Waals surface area contributed by atoms with E-state index in [1.54, 1.807) is 6.07 Å². The van der Waals surface area contributed by atoms with Crippen molar-refractivity contribution in [3.8, 4) is 6.07 Å². The van der Waals surface area contributed by atoms with Crippen LogP contribution in [-0.4, -0.2) is 12.0 Å². The smallest absolute Gasteiger partial charge is 0.293 e. The highest BCUT2D eigenvalue weighted by atomic mass is 19.1. The van der Waals surface area contributed by atoms with Gasteiger partial charge in [-0.25, -0.2) is 4.39 Å². The molecule has 6 heteroatoms. The molecule has 0 amide bonds. The zero-order valence-corrected chi connectivity index (χ0v) is 7.24. The van der Waals surface area contributed by atoms with Crippen LogP contribution in [-0.2, 0) is 0 Å². The second-order valence-electron chi connectivity index (χ2n) is 2.44. The average molecular weight is 195 g/mol. The fourth-order valence-corrected chi connectivity index (χ4v) is 1.08. The Hall–Kier alpha value is -2.16. The summed E-state index contributed by atoms with van der Waals surface area (Å²) in [4.78, 5) is 9.82. The Morgan fingerprint density at radius 1 is 1.64 bits per heavy atom. The molecular weight excluding hydrogens is 189 g/mol. The summed E-state index contributed by atoms with van der Waals surface area (Å²) in [6.07, 6.45) is 0. The third kappa shape index (κ3) is 1.47. The van der Waals surface area contributed by atoms with E-state index in [0.29, 0.717) is 0 Å². The maximum atomic E-state index is 13.0. The van der Waals surface area contributed by atoms with Crippen LogP contribution in [0.4, 0.5) is 15.8 Å². The second kappa shape index (κ2) is 3.70. The maximum Gasteiger partial charge on any atom is 0.293 e. The quantitative estimate of drug-likeness (QED) is 0.574. The highest BCUT2D eigenvalue weighted by Crippen LogP contribution is 2.29. The molecule has 72 valence electrons. The molecule has 0 heterocycles. The van der Waals surface area contributed by atoms with Crippen LogP contribution in [0.3, 0.4) is 0 Å². The zero-order valence-electron chi connectivity index (χ0n) is 7.24. The van der Waals surface area contributed by atoms with Crippen molar-refractivity contribution in [1.29, 1.82) is 5.26 Å². The summed E-state index contributed by atoms with van der Waals surface area (Å²) in [5.74, 6) is -0.776. The monoisotopic (exact) mass is 195 g/mol. The first-order valence-electron chi connectivity index (χ1n) is 3.66. The Kier molecular flexibility index (Phi) is 2.62. The van der Waals surface area contributed by atoms with Crippen molar-refractivity contribution in [2.45, 2.75) is 0 Å². The van der Waals surface area contributed by atoms with E-state index in [2.05, 4.69) is 5.32 Å². The minimum Gasteiger partial charge on any atom is -0.381 e. The van der Waals surface area contributed by atoms with Crippen molar-refractivity contribution in [3.63, 3.8) is 0 Å². The van der Waals surface area contributed by atoms with Gasteiger partial charge >= 0.3 is 0 Å². The molecule has 0 aliphatic carbocycles. The molecule has 0 aliphatic heterocycles. The van der Waals surface area contributed by atoms with Crippen LogP contribution in [0.15, 0.2) is 12.1 Å². The Morgan fingerprint density at radius 3 is 2.71 bits per heavy atom. The number of nitriles is 1. The lowest BCUT2D eigenvalue weighted by Gasteiger charge is -2.04. The number of anilines is 1. The molecular formula is C8H6FN3O2. The first-order chi connectivity index (χ1) is 6.61. The number of nitrogens with zero attached hydrogens (tertiary/aromatic N) is 2. The first-order valence-corrected chi connectivity index (χ1v) is 3.66. The van der Waals surface area contributed by atoms with Gasteiger partial charge in [-0.3, -0.25) is 10.1 Å². The number of nitrogens with one attached hydrogen (secondary N) is 1. The molecule has 0 aliphatic rings. The molecule has 0 atom stereocenters. The van der Waals surface area contributed by atoms with Crippen molar-refractivity contribution in [2.75, 3.05) is 12.4 Å². The fourth-order valence-electron chi connectivity index (χ4n) is 1.08. The maximum absolute atomic E-state index is 13.0. The Balaban J connectivity index is 3.50. The lowest BCUT2D eigenvalue weighted by molar-refractivity contribution is -0.384. The van der Waals surface area contributed by atoms with Gasteiger partial charge < -0.3 is 5.32 Å². The SMILES string of the molecule is CNc1c([N+](=O)[O-])ccc(F)c1C#N. The number of rotatable bonds is 2. The highest BCUT2D eigenvalue weighted by Gasteiger charge is 2.19. The van der Waals surface area contributed by atoms with Gasteiger partial charge in [-0.1, -0.05) is 0 Å². The summed E-state index contributed by atoms with van der Waals surface area (Å²) in [6, 6.07) is 3.48. The van der Waals surface area contributed by atoms with Crippen LogP contribution in [0.25, 0.3) is 0 Å². The molecule has 0 saturated carbocycles. The number of benzene rings is 1. The van der Waals surface area contributed by atoms with Crippen molar-refractivity contribution in [1.82, 2.24) is 0 Å². The summed E-state index contributed by atoms with van der Waals surface area (Å²) < 4.78 is 13.0. The predicted molar refractivity (Wildman–Crippen MR) is 47.3 cm³/mol. The molecule has 0 aromatic heterocycles. The van der Waals surface area contributed by atoms with Gasteiger partial charge in [0.2, 0.25) is 0 Å². The molecule has 0 radical (unpaired) electrons. The molecule has 5 nitrogen and oxygen atoms in total. The number of nitro groups is 1. The van der Waals surface area contributed by atoms with Gasteiger partial charge in [0.15, 0.2) is 0 Å². The number of nitro benzene ring substituents is 1. The Bertz CT molecular complexity index is 425. The van der Waals surface area contributed by atoms with Gasteiger partial charge in [0.1, 0.15) is 23.1 Å². The summed E-state index contributed by atoms with van der Waals surface area (Å²) in [6.45, 7) is 0. The molecule has 0 saturated heterocycles. The van der Waals surface area contributed by atoms with E-state index in [1.807, 2.05) is 0 Å². The lowest BCUT2D eigenvalue weighted by Crippen LogP contribution is -2.01. The van der Waals surface area contributed by atoms with Crippen molar-refractivity contribution in [3.05, 3.63) is 33.6 Å². The molecule has 0 unspecified atom stereocenters. The summed E-state index contributed by atoms with van der Waals surface area (Å²) in [5.41, 5.74) is -0.760. The molecule has 1 aromatic carbocycles. The van der Waals surface area contributed by atoms with E-state index in [-0.39, 0.29) is 16.9 Å². The number of halogens is 1. The van der Waals surface area contributed by atoms with Crippen LogP contribution in [0, 0.1) is 27.3 Å². The van der Waals surface area contributed by atoms with Crippen molar-refractivity contribution in [2.24, 2.45) is 0 Å². The summed E-state index contributed by atoms with van der Waals surface area (Å²) in [5, 5.41) is 21.5.